The van der Waals surface area contributed by atoms with Crippen molar-refractivity contribution in [1.29, 1.82) is 0 Å². The molecule has 2 rings (SSSR count). The van der Waals surface area contributed by atoms with E-state index in [0.29, 0.717) is 17.7 Å². The average Bonchev–Trinajstić information content (AvgIpc) is 2.54. The van der Waals surface area contributed by atoms with Gasteiger partial charge in [0, 0.05) is 18.7 Å². The van der Waals surface area contributed by atoms with Crippen LogP contribution in [0.5, 0.6) is 0 Å². The highest BCUT2D eigenvalue weighted by Crippen LogP contribution is 2.28. The highest BCUT2D eigenvalue weighted by Gasteiger charge is 2.46. The minimum atomic E-state index is -5.48. The van der Waals surface area contributed by atoms with E-state index in [0.717, 1.165) is 37.9 Å². The summed E-state index contributed by atoms with van der Waals surface area (Å²) in [7, 11) is -5.48. The van der Waals surface area contributed by atoms with Gasteiger partial charge in [-0.25, -0.2) is 0 Å². The summed E-state index contributed by atoms with van der Waals surface area (Å²) in [4.78, 5) is 0. The van der Waals surface area contributed by atoms with Crippen LogP contribution in [0.1, 0.15) is 43.7 Å². The molecule has 0 unspecified atom stereocenters. The third-order valence-corrected chi connectivity index (χ3v) is 5.06. The van der Waals surface area contributed by atoms with Gasteiger partial charge in [0.1, 0.15) is 0 Å². The molecule has 0 bridgehead atoms. The zero-order chi connectivity index (χ0) is 18.7. The molecule has 1 fully saturated rings. The Bertz CT molecular complexity index is 739. The third kappa shape index (κ3) is 4.87. The third-order valence-electron chi connectivity index (χ3n) is 3.96. The van der Waals surface area contributed by atoms with Gasteiger partial charge in [-0.15, -0.1) is 0 Å². The van der Waals surface area contributed by atoms with Crippen molar-refractivity contribution in [3.63, 3.8) is 0 Å². The lowest BCUT2D eigenvalue weighted by molar-refractivity contribution is -0.0429. The number of halogens is 3. The van der Waals surface area contributed by atoms with Crippen LogP contribution in [0.25, 0.3) is 0 Å². The number of alkyl halides is 3. The number of nitrogens with one attached hydrogen (secondary N) is 1. The Balaban J connectivity index is 2.41. The summed E-state index contributed by atoms with van der Waals surface area (Å²) in [5.41, 5.74) is -3.73. The van der Waals surface area contributed by atoms with Crippen LogP contribution in [0, 0.1) is 6.92 Å². The summed E-state index contributed by atoms with van der Waals surface area (Å²) in [6.07, 6.45) is 3.64. The Labute approximate surface area is 146 Å². The number of hydrazone groups is 1. The lowest BCUT2D eigenvalue weighted by Crippen LogP contribution is -2.31. The maximum atomic E-state index is 12.7. The van der Waals surface area contributed by atoms with E-state index < -0.39 is 15.5 Å². The van der Waals surface area contributed by atoms with Crippen molar-refractivity contribution in [2.24, 2.45) is 5.10 Å². The van der Waals surface area contributed by atoms with Crippen LogP contribution >= 0.6 is 0 Å². The molecule has 1 aliphatic heterocycles. The number of benzene rings is 1. The van der Waals surface area contributed by atoms with Gasteiger partial charge in [0.2, 0.25) is 0 Å². The van der Waals surface area contributed by atoms with Gasteiger partial charge in [-0.2, -0.15) is 26.7 Å². The molecule has 1 N–H and O–H groups in total. The van der Waals surface area contributed by atoms with Crippen molar-refractivity contribution in [1.82, 2.24) is 5.01 Å². The van der Waals surface area contributed by atoms with E-state index in [1.54, 1.807) is 23.8 Å². The number of sulfonamides is 1. The van der Waals surface area contributed by atoms with Crippen LogP contribution in [0.4, 0.5) is 18.9 Å². The molecule has 1 aromatic carbocycles. The Hall–Kier alpha value is -1.77. The fourth-order valence-electron chi connectivity index (χ4n) is 2.65. The van der Waals surface area contributed by atoms with Gasteiger partial charge in [0.15, 0.2) is 0 Å². The number of nitrogens with zero attached hydrogens (tertiary/aromatic N) is 2. The molecule has 0 amide bonds. The van der Waals surface area contributed by atoms with Gasteiger partial charge in [-0.1, -0.05) is 18.6 Å². The summed E-state index contributed by atoms with van der Waals surface area (Å²) in [5.74, 6) is 0. The second kappa shape index (κ2) is 7.63. The van der Waals surface area contributed by atoms with Crippen LogP contribution in [-0.2, 0) is 10.0 Å². The first kappa shape index (κ1) is 19.6. The minimum absolute atomic E-state index is 0.111. The first-order chi connectivity index (χ1) is 11.6. The normalized spacial score (nSPS) is 16.8. The molecular weight excluding hydrogens is 355 g/mol. The molecule has 1 aromatic rings. The predicted molar refractivity (Wildman–Crippen MR) is 92.0 cm³/mol. The predicted octanol–water partition coefficient (Wildman–Crippen LogP) is 3.86. The number of aryl methyl sites for hydroxylation is 1. The largest absolute Gasteiger partial charge is 0.516 e. The summed E-state index contributed by atoms with van der Waals surface area (Å²) < 4.78 is 62.7. The molecule has 1 aliphatic rings. The highest BCUT2D eigenvalue weighted by molar-refractivity contribution is 7.93. The molecule has 5 nitrogen and oxygen atoms in total. The molecular formula is C16H22F3N3O2S. The minimum Gasteiger partial charge on any atom is -0.297 e. The summed E-state index contributed by atoms with van der Waals surface area (Å²) >= 11 is 0. The van der Waals surface area contributed by atoms with Crippen molar-refractivity contribution in [3.05, 3.63) is 29.3 Å². The van der Waals surface area contributed by atoms with E-state index in [2.05, 4.69) is 5.10 Å². The van der Waals surface area contributed by atoms with Crippen LogP contribution in [-0.4, -0.2) is 37.7 Å². The van der Waals surface area contributed by atoms with Gasteiger partial charge in [-0.05, 0) is 44.7 Å². The van der Waals surface area contributed by atoms with Gasteiger partial charge in [-0.3, -0.25) is 9.73 Å². The molecule has 0 radical (unpaired) electrons. The van der Waals surface area contributed by atoms with Crippen molar-refractivity contribution in [2.45, 2.75) is 45.0 Å². The lowest BCUT2D eigenvalue weighted by atomic mass is 10.0. The lowest BCUT2D eigenvalue weighted by Gasteiger charge is -2.25. The summed E-state index contributed by atoms with van der Waals surface area (Å²) in [6.45, 7) is 5.21. The SMILES string of the molecule is CC/C(=N\N1CCCCC1)c1cc(C)ccc1NS(=O)(=O)C(F)(F)F. The fraction of sp³-hybridized carbons (Fsp3) is 0.562. The monoisotopic (exact) mass is 377 g/mol. The summed E-state index contributed by atoms with van der Waals surface area (Å²) in [5, 5.41) is 6.45. The molecule has 0 aromatic heterocycles. The number of rotatable bonds is 5. The van der Waals surface area contributed by atoms with Crippen LogP contribution in [0.2, 0.25) is 0 Å². The number of anilines is 1. The van der Waals surface area contributed by atoms with Crippen LogP contribution in [0.15, 0.2) is 23.3 Å². The molecule has 25 heavy (non-hydrogen) atoms. The Morgan fingerprint density at radius 1 is 1.24 bits per heavy atom. The van der Waals surface area contributed by atoms with Gasteiger partial charge in [0.25, 0.3) is 0 Å². The topological polar surface area (TPSA) is 61.8 Å². The van der Waals surface area contributed by atoms with Gasteiger partial charge < -0.3 is 0 Å². The Morgan fingerprint density at radius 3 is 2.44 bits per heavy atom. The first-order valence-electron chi connectivity index (χ1n) is 8.16. The van der Waals surface area contributed by atoms with E-state index in [1.807, 2.05) is 11.9 Å². The van der Waals surface area contributed by atoms with E-state index in [-0.39, 0.29) is 5.69 Å². The second-order valence-electron chi connectivity index (χ2n) is 6.01. The number of piperidine rings is 1. The molecule has 1 saturated heterocycles. The van der Waals surface area contributed by atoms with Crippen molar-refractivity contribution in [3.8, 4) is 0 Å². The van der Waals surface area contributed by atoms with E-state index in [1.165, 1.54) is 6.07 Å². The Morgan fingerprint density at radius 2 is 1.88 bits per heavy atom. The number of hydrogen-bond acceptors (Lipinski definition) is 4. The van der Waals surface area contributed by atoms with E-state index in [9.17, 15) is 21.6 Å². The maximum absolute atomic E-state index is 12.7. The second-order valence-corrected chi connectivity index (χ2v) is 7.69. The molecule has 0 atom stereocenters. The van der Waals surface area contributed by atoms with E-state index >= 15 is 0 Å². The quantitative estimate of drug-likeness (QED) is 0.793. The van der Waals surface area contributed by atoms with Crippen LogP contribution < -0.4 is 4.72 Å². The maximum Gasteiger partial charge on any atom is 0.516 e. The van der Waals surface area contributed by atoms with Crippen LogP contribution in [0.3, 0.4) is 0 Å². The van der Waals surface area contributed by atoms with Crippen molar-refractivity contribution in [2.75, 3.05) is 17.8 Å². The smallest absolute Gasteiger partial charge is 0.297 e. The van der Waals surface area contributed by atoms with Crippen molar-refractivity contribution < 1.29 is 21.6 Å². The summed E-state index contributed by atoms with van der Waals surface area (Å²) in [6, 6.07) is 4.56. The zero-order valence-corrected chi connectivity index (χ0v) is 15.0. The zero-order valence-electron chi connectivity index (χ0n) is 14.2. The van der Waals surface area contributed by atoms with E-state index in [4.69, 9.17) is 0 Å². The van der Waals surface area contributed by atoms with Crippen molar-refractivity contribution >= 4 is 21.4 Å². The molecule has 0 saturated carbocycles. The Kier molecular flexibility index (Phi) is 5.97. The number of hydrogen-bond donors (Lipinski definition) is 1. The standard InChI is InChI=1S/C16H22F3N3O2S/c1-3-14(20-22-9-5-4-6-10-22)13-11-12(2)7-8-15(13)21-25(23,24)16(17,18)19/h7-8,11,21H,3-6,9-10H2,1-2H3/b20-14+. The molecule has 9 heteroatoms. The molecule has 1 heterocycles. The molecule has 0 aliphatic carbocycles. The fourth-order valence-corrected chi connectivity index (χ4v) is 3.23. The first-order valence-corrected chi connectivity index (χ1v) is 9.65. The molecule has 140 valence electrons. The van der Waals surface area contributed by atoms with Gasteiger partial charge >= 0.3 is 15.5 Å². The molecule has 0 spiro atoms. The highest BCUT2D eigenvalue weighted by atomic mass is 32.2. The average molecular weight is 377 g/mol. The van der Waals surface area contributed by atoms with Gasteiger partial charge in [0.05, 0.1) is 11.4 Å².